The molecule has 38 heavy (non-hydrogen) atoms. The quantitative estimate of drug-likeness (QED) is 0.106. The van der Waals surface area contributed by atoms with Crippen LogP contribution in [0.25, 0.3) is 26.2 Å². The second-order valence-corrected chi connectivity index (χ2v) is 12.7. The molecule has 0 aliphatic carbocycles. The number of carbonyl (C=O) groups is 2. The lowest BCUT2D eigenvalue weighted by Gasteiger charge is -2.07. The average molecular weight is 708 g/mol. The Labute approximate surface area is 250 Å². The summed E-state index contributed by atoms with van der Waals surface area (Å²) < 4.78 is 14.7. The number of ether oxygens (including phenoxy) is 2. The smallest absolute Gasteiger partial charge is 0.363 e. The van der Waals surface area contributed by atoms with Gasteiger partial charge in [0.05, 0.1) is 10.0 Å². The van der Waals surface area contributed by atoms with Gasteiger partial charge in [-0.2, -0.15) is 0 Å². The van der Waals surface area contributed by atoms with Crippen molar-refractivity contribution in [1.82, 2.24) is 0 Å². The molecule has 0 spiro atoms. The van der Waals surface area contributed by atoms with Crippen molar-refractivity contribution in [3.63, 3.8) is 0 Å². The van der Waals surface area contributed by atoms with Crippen molar-refractivity contribution in [2.75, 3.05) is 0 Å². The predicted molar refractivity (Wildman–Crippen MR) is 161 cm³/mol. The molecule has 1 aliphatic rings. The van der Waals surface area contributed by atoms with Crippen molar-refractivity contribution < 1.29 is 19.1 Å². The molecule has 2 aromatic heterocycles. The Morgan fingerprint density at radius 3 is 2.32 bits per heavy atom. The van der Waals surface area contributed by atoms with Crippen LogP contribution in [-0.4, -0.2) is 17.8 Å². The molecule has 0 amide bonds. The number of halogens is 4. The molecular weight excluding hydrogens is 697 g/mol. The number of hydrogen-bond donors (Lipinski definition) is 0. The van der Waals surface area contributed by atoms with Crippen molar-refractivity contribution >= 4 is 122 Å². The van der Waals surface area contributed by atoms with E-state index in [1.807, 2.05) is 36.4 Å². The summed E-state index contributed by atoms with van der Waals surface area (Å²) in [4.78, 5) is 31.0. The molecule has 1 aliphatic heterocycles. The average Bonchev–Trinajstić information content (AvgIpc) is 3.52. The van der Waals surface area contributed by atoms with Gasteiger partial charge in [-0.25, -0.2) is 14.6 Å². The molecule has 6 rings (SSSR count). The zero-order chi connectivity index (χ0) is 26.6. The Morgan fingerprint density at radius 1 is 0.921 bits per heavy atom. The Morgan fingerprint density at radius 2 is 1.58 bits per heavy atom. The molecule has 188 valence electrons. The molecule has 0 atom stereocenters. The Kier molecular flexibility index (Phi) is 6.92. The summed E-state index contributed by atoms with van der Waals surface area (Å²) in [5, 5.41) is 2.41. The number of carbonyl (C=O) groups excluding carboxylic acids is 2. The van der Waals surface area contributed by atoms with Crippen LogP contribution < -0.4 is 4.74 Å². The lowest BCUT2D eigenvalue weighted by Crippen LogP contribution is -2.08. The normalized spacial score (nSPS) is 14.4. The minimum atomic E-state index is -0.631. The number of cyclic esters (lactones) is 1. The minimum Gasteiger partial charge on any atom is -0.422 e. The molecule has 0 N–H and O–H groups in total. The second-order valence-electron chi connectivity index (χ2n) is 8.03. The Bertz CT molecular complexity index is 1880. The van der Waals surface area contributed by atoms with E-state index < -0.39 is 11.9 Å². The van der Waals surface area contributed by atoms with E-state index in [2.05, 4.69) is 36.9 Å². The number of benzene rings is 3. The minimum absolute atomic E-state index is 0.0583. The lowest BCUT2D eigenvalue weighted by molar-refractivity contribution is -0.129. The number of para-hydroxylation sites is 1. The van der Waals surface area contributed by atoms with Gasteiger partial charge >= 0.3 is 11.9 Å². The van der Waals surface area contributed by atoms with Crippen molar-refractivity contribution in [2.24, 2.45) is 4.99 Å². The molecule has 0 saturated heterocycles. The standard InChI is InChI=1S/C27H11Br2Cl2NO4S2/c28-13-5-7-15-19(10-13)37-23(21(15)30)25-32-17(26(33)36-25)9-12-3-1-2-4-18(12)35-27(34)24-22(31)16-8-6-14(29)11-20(16)38-24/h1-11H/b17-9+. The number of rotatable bonds is 4. The van der Waals surface area contributed by atoms with E-state index in [0.29, 0.717) is 20.5 Å². The predicted octanol–water partition coefficient (Wildman–Crippen LogP) is 9.51. The van der Waals surface area contributed by atoms with Gasteiger partial charge < -0.3 is 9.47 Å². The first kappa shape index (κ1) is 25.7. The van der Waals surface area contributed by atoms with Gasteiger partial charge in [0, 0.05) is 34.7 Å². The van der Waals surface area contributed by atoms with Crippen LogP contribution in [0.1, 0.15) is 20.1 Å². The van der Waals surface area contributed by atoms with E-state index in [1.54, 1.807) is 24.3 Å². The summed E-state index contributed by atoms with van der Waals surface area (Å²) in [6, 6.07) is 18.2. The molecular formula is C27H11Br2Cl2NO4S2. The van der Waals surface area contributed by atoms with Crippen molar-refractivity contribution in [1.29, 1.82) is 0 Å². The zero-order valence-electron chi connectivity index (χ0n) is 18.8. The van der Waals surface area contributed by atoms with E-state index in [9.17, 15) is 9.59 Å². The van der Waals surface area contributed by atoms with E-state index in [1.165, 1.54) is 28.7 Å². The number of thiophene rings is 2. The first-order chi connectivity index (χ1) is 18.3. The summed E-state index contributed by atoms with van der Waals surface area (Å²) in [7, 11) is 0. The van der Waals surface area contributed by atoms with Crippen LogP contribution in [0.2, 0.25) is 10.0 Å². The van der Waals surface area contributed by atoms with Gasteiger partial charge in [0.15, 0.2) is 5.70 Å². The van der Waals surface area contributed by atoms with Gasteiger partial charge in [0.2, 0.25) is 5.90 Å². The monoisotopic (exact) mass is 705 g/mol. The van der Waals surface area contributed by atoms with Crippen molar-refractivity contribution in [3.05, 3.63) is 101 Å². The second kappa shape index (κ2) is 10.2. The molecule has 0 unspecified atom stereocenters. The van der Waals surface area contributed by atoms with Crippen LogP contribution in [0.15, 0.2) is 80.3 Å². The van der Waals surface area contributed by atoms with Crippen LogP contribution in [0.4, 0.5) is 0 Å². The summed E-state index contributed by atoms with van der Waals surface area (Å²) >= 11 is 22.6. The van der Waals surface area contributed by atoms with Gasteiger partial charge in [-0.05, 0) is 36.4 Å². The third-order valence-corrected chi connectivity index (χ3v) is 9.87. The Hall–Kier alpha value is -2.53. The van der Waals surface area contributed by atoms with Gasteiger partial charge in [0.25, 0.3) is 0 Å². The molecule has 5 nitrogen and oxygen atoms in total. The topological polar surface area (TPSA) is 65.0 Å². The van der Waals surface area contributed by atoms with Crippen LogP contribution in [-0.2, 0) is 9.53 Å². The summed E-state index contributed by atoms with van der Waals surface area (Å²) in [5.41, 5.74) is 0.534. The fourth-order valence-electron chi connectivity index (χ4n) is 3.84. The number of hydrogen-bond acceptors (Lipinski definition) is 7. The van der Waals surface area contributed by atoms with E-state index >= 15 is 0 Å². The molecule has 5 aromatic rings. The number of nitrogens with zero attached hydrogens (tertiary/aromatic N) is 1. The van der Waals surface area contributed by atoms with Crippen LogP contribution in [0, 0.1) is 0 Å². The van der Waals surface area contributed by atoms with Crippen molar-refractivity contribution in [3.8, 4) is 5.75 Å². The maximum Gasteiger partial charge on any atom is 0.363 e. The van der Waals surface area contributed by atoms with Crippen LogP contribution in [0.5, 0.6) is 5.75 Å². The maximum atomic E-state index is 13.1. The Balaban J connectivity index is 1.32. The summed E-state index contributed by atoms with van der Waals surface area (Å²) in [6.07, 6.45) is 1.51. The fraction of sp³-hybridized carbons (Fsp3) is 0. The molecule has 0 saturated carbocycles. The maximum absolute atomic E-state index is 13.1. The fourth-order valence-corrected chi connectivity index (χ4v) is 7.77. The number of esters is 2. The highest BCUT2D eigenvalue weighted by atomic mass is 79.9. The van der Waals surface area contributed by atoms with Gasteiger partial charge in [-0.15, -0.1) is 22.7 Å². The first-order valence-corrected chi connectivity index (χ1v) is 14.9. The third kappa shape index (κ3) is 4.72. The van der Waals surface area contributed by atoms with Gasteiger partial charge in [-0.1, -0.05) is 85.4 Å². The SMILES string of the molecule is O=C1OC(c2sc3cc(Br)ccc3c2Cl)=N/C1=C/c1ccccc1OC(=O)c1sc2cc(Br)ccc2c1Cl. The van der Waals surface area contributed by atoms with Gasteiger partial charge in [-0.3, -0.25) is 0 Å². The molecule has 0 bridgehead atoms. The van der Waals surface area contributed by atoms with E-state index in [0.717, 1.165) is 29.1 Å². The summed E-state index contributed by atoms with van der Waals surface area (Å²) in [6.45, 7) is 0. The number of aliphatic imine (C=N–C) groups is 1. The van der Waals surface area contributed by atoms with E-state index in [4.69, 9.17) is 32.7 Å². The molecule has 3 heterocycles. The molecule has 3 aromatic carbocycles. The van der Waals surface area contributed by atoms with Crippen molar-refractivity contribution in [2.45, 2.75) is 0 Å². The van der Waals surface area contributed by atoms with Crippen LogP contribution in [0.3, 0.4) is 0 Å². The highest BCUT2D eigenvalue weighted by Crippen LogP contribution is 2.40. The summed E-state index contributed by atoms with van der Waals surface area (Å²) in [5.74, 6) is -0.851. The zero-order valence-corrected chi connectivity index (χ0v) is 25.1. The molecule has 11 heteroatoms. The largest absolute Gasteiger partial charge is 0.422 e. The highest BCUT2D eigenvalue weighted by molar-refractivity contribution is 9.10. The molecule has 0 radical (unpaired) electrons. The lowest BCUT2D eigenvalue weighted by atomic mass is 10.1. The van der Waals surface area contributed by atoms with Gasteiger partial charge in [0.1, 0.15) is 15.5 Å². The third-order valence-electron chi connectivity index (χ3n) is 5.60. The molecule has 0 fully saturated rings. The first-order valence-electron chi connectivity index (χ1n) is 10.9. The highest BCUT2D eigenvalue weighted by Gasteiger charge is 2.28. The number of fused-ring (bicyclic) bond motifs is 2. The van der Waals surface area contributed by atoms with Crippen LogP contribution >= 0.6 is 77.7 Å². The van der Waals surface area contributed by atoms with E-state index in [-0.39, 0.29) is 22.2 Å².